The van der Waals surface area contributed by atoms with Crippen LogP contribution in [0.5, 0.6) is 0 Å². The molecule has 7 rings (SSSR count). The molecule has 4 aliphatic rings. The zero-order chi connectivity index (χ0) is 24.9. The minimum Gasteiger partial charge on any atom is -0.478 e. The van der Waals surface area contributed by atoms with Crippen LogP contribution >= 0.6 is 0 Å². The Bertz CT molecular complexity index is 1360. The van der Waals surface area contributed by atoms with Crippen molar-refractivity contribution in [2.45, 2.75) is 48.8 Å². The molecule has 7 heteroatoms. The molecule has 3 N–H and O–H groups in total. The SMILES string of the molecule is O=C(O)c1ccccc1Nc1ccc(S(=O)(=O)Nc2ccc(C34CC5CC(CC(C5)C3)C4)cc2)cc1. The van der Waals surface area contributed by atoms with Gasteiger partial charge in [0.15, 0.2) is 0 Å². The second-order valence-electron chi connectivity index (χ2n) is 10.9. The Morgan fingerprint density at radius 2 is 1.33 bits per heavy atom. The minimum absolute atomic E-state index is 0.143. The summed E-state index contributed by atoms with van der Waals surface area (Å²) < 4.78 is 28.7. The van der Waals surface area contributed by atoms with Crippen molar-refractivity contribution in [3.05, 3.63) is 83.9 Å². The molecule has 186 valence electrons. The van der Waals surface area contributed by atoms with Crippen molar-refractivity contribution in [1.29, 1.82) is 0 Å². The van der Waals surface area contributed by atoms with Gasteiger partial charge in [0.25, 0.3) is 10.0 Å². The number of anilines is 3. The highest BCUT2D eigenvalue weighted by Crippen LogP contribution is 2.60. The van der Waals surface area contributed by atoms with Crippen LogP contribution in [0.4, 0.5) is 17.1 Å². The lowest BCUT2D eigenvalue weighted by Crippen LogP contribution is -2.48. The van der Waals surface area contributed by atoms with Crippen molar-refractivity contribution in [3.8, 4) is 0 Å². The molecule has 4 saturated carbocycles. The maximum absolute atomic E-state index is 13.0. The van der Waals surface area contributed by atoms with Crippen LogP contribution in [0.3, 0.4) is 0 Å². The van der Waals surface area contributed by atoms with Gasteiger partial charge < -0.3 is 10.4 Å². The average molecular weight is 503 g/mol. The summed E-state index contributed by atoms with van der Waals surface area (Å²) in [5, 5.41) is 12.4. The third kappa shape index (κ3) is 4.26. The fourth-order valence-electron chi connectivity index (χ4n) is 7.22. The van der Waals surface area contributed by atoms with Gasteiger partial charge in [-0.1, -0.05) is 24.3 Å². The highest BCUT2D eigenvalue weighted by Gasteiger charge is 2.51. The number of benzene rings is 3. The summed E-state index contributed by atoms with van der Waals surface area (Å²) in [6.45, 7) is 0. The normalized spacial score (nSPS) is 26.5. The van der Waals surface area contributed by atoms with Crippen LogP contribution in [0.2, 0.25) is 0 Å². The molecule has 4 bridgehead atoms. The average Bonchev–Trinajstić information content (AvgIpc) is 2.84. The van der Waals surface area contributed by atoms with E-state index in [4.69, 9.17) is 0 Å². The van der Waals surface area contributed by atoms with E-state index in [-0.39, 0.29) is 15.9 Å². The maximum Gasteiger partial charge on any atom is 0.337 e. The van der Waals surface area contributed by atoms with Crippen LogP contribution in [-0.2, 0) is 15.4 Å². The summed E-state index contributed by atoms with van der Waals surface area (Å²) in [4.78, 5) is 11.6. The van der Waals surface area contributed by atoms with Crippen LogP contribution < -0.4 is 10.0 Å². The lowest BCUT2D eigenvalue weighted by molar-refractivity contribution is -0.00518. The number of para-hydroxylation sites is 1. The molecule has 0 aliphatic heterocycles. The summed E-state index contributed by atoms with van der Waals surface area (Å²) in [5.41, 5.74) is 3.39. The summed E-state index contributed by atoms with van der Waals surface area (Å²) >= 11 is 0. The lowest BCUT2D eigenvalue weighted by atomic mass is 9.48. The summed E-state index contributed by atoms with van der Waals surface area (Å²) in [6.07, 6.45) is 8.04. The predicted molar refractivity (Wildman–Crippen MR) is 140 cm³/mol. The fraction of sp³-hybridized carbons (Fsp3) is 0.345. The maximum atomic E-state index is 13.0. The molecule has 0 heterocycles. The number of nitrogens with one attached hydrogen (secondary N) is 2. The first kappa shape index (κ1) is 23.1. The van der Waals surface area contributed by atoms with Crippen LogP contribution in [0.15, 0.2) is 77.7 Å². The minimum atomic E-state index is -3.75. The van der Waals surface area contributed by atoms with Crippen molar-refractivity contribution < 1.29 is 18.3 Å². The number of carbonyl (C=O) groups is 1. The first-order valence-electron chi connectivity index (χ1n) is 12.6. The fourth-order valence-corrected chi connectivity index (χ4v) is 8.28. The Morgan fingerprint density at radius 1 is 0.778 bits per heavy atom. The smallest absolute Gasteiger partial charge is 0.337 e. The third-order valence-electron chi connectivity index (χ3n) is 8.39. The number of aromatic carboxylic acids is 1. The molecule has 0 unspecified atom stereocenters. The number of hydrogen-bond acceptors (Lipinski definition) is 4. The predicted octanol–water partition coefficient (Wildman–Crippen LogP) is 6.40. The molecule has 6 nitrogen and oxygen atoms in total. The molecular weight excluding hydrogens is 472 g/mol. The van der Waals surface area contributed by atoms with E-state index in [2.05, 4.69) is 22.2 Å². The van der Waals surface area contributed by atoms with E-state index in [1.54, 1.807) is 30.3 Å². The molecule has 0 radical (unpaired) electrons. The van der Waals surface area contributed by atoms with Gasteiger partial charge in [-0.25, -0.2) is 13.2 Å². The van der Waals surface area contributed by atoms with Crippen molar-refractivity contribution >= 4 is 33.1 Å². The Kier molecular flexibility index (Phi) is 5.56. The Morgan fingerprint density at radius 3 is 1.92 bits per heavy atom. The Balaban J connectivity index is 1.16. The van der Waals surface area contributed by atoms with Crippen LogP contribution in [0.1, 0.15) is 54.4 Å². The van der Waals surface area contributed by atoms with Crippen LogP contribution in [0, 0.1) is 17.8 Å². The molecule has 3 aromatic carbocycles. The van der Waals surface area contributed by atoms with Crippen molar-refractivity contribution in [2.75, 3.05) is 10.0 Å². The number of sulfonamides is 1. The highest BCUT2D eigenvalue weighted by atomic mass is 32.2. The van der Waals surface area contributed by atoms with E-state index in [9.17, 15) is 18.3 Å². The van der Waals surface area contributed by atoms with Crippen molar-refractivity contribution in [1.82, 2.24) is 0 Å². The zero-order valence-corrected chi connectivity index (χ0v) is 20.8. The molecule has 4 fully saturated rings. The highest BCUT2D eigenvalue weighted by molar-refractivity contribution is 7.92. The molecule has 0 amide bonds. The zero-order valence-electron chi connectivity index (χ0n) is 20.0. The molecule has 3 aromatic rings. The van der Waals surface area contributed by atoms with Gasteiger partial charge in [-0.15, -0.1) is 0 Å². The number of carboxylic acid groups (broad SMARTS) is 1. The number of hydrogen-bond donors (Lipinski definition) is 3. The second kappa shape index (κ2) is 8.66. The van der Waals surface area contributed by atoms with Crippen molar-refractivity contribution in [2.24, 2.45) is 17.8 Å². The third-order valence-corrected chi connectivity index (χ3v) is 9.79. The lowest BCUT2D eigenvalue weighted by Gasteiger charge is -2.57. The van der Waals surface area contributed by atoms with Gasteiger partial charge in [0, 0.05) is 11.4 Å². The summed E-state index contributed by atoms with van der Waals surface area (Å²) in [5.74, 6) is 1.56. The van der Waals surface area contributed by atoms with E-state index in [0.29, 0.717) is 17.1 Å². The van der Waals surface area contributed by atoms with E-state index in [0.717, 1.165) is 17.8 Å². The first-order chi connectivity index (χ1) is 17.3. The second-order valence-corrected chi connectivity index (χ2v) is 12.6. The number of carboxylic acids is 1. The summed E-state index contributed by atoms with van der Waals surface area (Å²) in [7, 11) is -3.75. The summed E-state index contributed by atoms with van der Waals surface area (Å²) in [6, 6.07) is 20.9. The van der Waals surface area contributed by atoms with Crippen molar-refractivity contribution in [3.63, 3.8) is 0 Å². The van der Waals surface area contributed by atoms with Gasteiger partial charge in [0.1, 0.15) is 0 Å². The Hall–Kier alpha value is -3.32. The number of rotatable bonds is 7. The van der Waals surface area contributed by atoms with Gasteiger partial charge in [-0.2, -0.15) is 0 Å². The quantitative estimate of drug-likeness (QED) is 0.348. The Labute approximate surface area is 211 Å². The van der Waals surface area contributed by atoms with Gasteiger partial charge in [0.05, 0.1) is 16.1 Å². The van der Waals surface area contributed by atoms with Gasteiger partial charge in [-0.05, 0) is 116 Å². The van der Waals surface area contributed by atoms with Gasteiger partial charge in [0.2, 0.25) is 0 Å². The van der Waals surface area contributed by atoms with Crippen LogP contribution in [-0.4, -0.2) is 19.5 Å². The van der Waals surface area contributed by atoms with E-state index >= 15 is 0 Å². The standard InChI is InChI=1S/C29H30N2O4S/c32-28(33)26-3-1-2-4-27(26)30-23-9-11-25(12-10-23)36(34,35)31-24-7-5-22(6-8-24)29-16-19-13-20(17-29)15-21(14-19)18-29/h1-12,19-21,30-31H,13-18H2,(H,32,33). The van der Waals surface area contributed by atoms with E-state index in [1.165, 1.54) is 62.3 Å². The van der Waals surface area contributed by atoms with Crippen LogP contribution in [0.25, 0.3) is 0 Å². The van der Waals surface area contributed by atoms with Gasteiger partial charge in [-0.3, -0.25) is 4.72 Å². The van der Waals surface area contributed by atoms with E-state index < -0.39 is 16.0 Å². The largest absolute Gasteiger partial charge is 0.478 e. The topological polar surface area (TPSA) is 95.5 Å². The molecule has 0 aromatic heterocycles. The molecule has 0 spiro atoms. The molecule has 36 heavy (non-hydrogen) atoms. The molecule has 4 aliphatic carbocycles. The van der Waals surface area contributed by atoms with Gasteiger partial charge >= 0.3 is 5.97 Å². The van der Waals surface area contributed by atoms with E-state index in [1.807, 2.05) is 12.1 Å². The molecular formula is C29H30N2O4S. The monoisotopic (exact) mass is 502 g/mol. The molecule has 0 saturated heterocycles. The first-order valence-corrected chi connectivity index (χ1v) is 14.1. The molecule has 0 atom stereocenters.